The number of morpholine rings is 1. The molecule has 6 nitrogen and oxygen atoms in total. The number of ether oxygens (including phenoxy) is 1. The van der Waals surface area contributed by atoms with Crippen LogP contribution in [0.2, 0.25) is 0 Å². The lowest BCUT2D eigenvalue weighted by Crippen LogP contribution is -2.43. The molecule has 110 valence electrons. The van der Waals surface area contributed by atoms with Gasteiger partial charge in [-0.3, -0.25) is 14.2 Å². The van der Waals surface area contributed by atoms with Crippen LogP contribution in [0.15, 0.2) is 17.2 Å². The van der Waals surface area contributed by atoms with E-state index in [0.717, 1.165) is 25.0 Å². The van der Waals surface area contributed by atoms with Crippen molar-refractivity contribution in [2.45, 2.75) is 32.7 Å². The predicted octanol–water partition coefficient (Wildman–Crippen LogP) is 0.445. The van der Waals surface area contributed by atoms with Crippen LogP contribution in [-0.4, -0.2) is 46.7 Å². The maximum Gasteiger partial charge on any atom is 0.253 e. The third-order valence-electron chi connectivity index (χ3n) is 3.39. The summed E-state index contributed by atoms with van der Waals surface area (Å²) in [6, 6.07) is 1.53. The molecule has 1 amide bonds. The van der Waals surface area contributed by atoms with Gasteiger partial charge in [-0.25, -0.2) is 4.98 Å². The van der Waals surface area contributed by atoms with Gasteiger partial charge in [0.2, 0.25) is 5.91 Å². The minimum absolute atomic E-state index is 0.0554. The Kier molecular flexibility index (Phi) is 5.29. The van der Waals surface area contributed by atoms with Crippen LogP contribution in [0.25, 0.3) is 0 Å². The Morgan fingerprint density at radius 3 is 2.80 bits per heavy atom. The highest BCUT2D eigenvalue weighted by atomic mass is 16.5. The number of unbranched alkanes of at least 4 members (excludes halogenated alkanes) is 1. The summed E-state index contributed by atoms with van der Waals surface area (Å²) in [7, 11) is 0. The van der Waals surface area contributed by atoms with Gasteiger partial charge in [-0.05, 0) is 12.8 Å². The highest BCUT2D eigenvalue weighted by Gasteiger charge is 2.17. The lowest BCUT2D eigenvalue weighted by molar-refractivity contribution is -0.135. The highest BCUT2D eigenvalue weighted by Crippen LogP contribution is 2.00. The molecular formula is C14H21N3O3. The Labute approximate surface area is 118 Å². The number of hydrogen-bond acceptors (Lipinski definition) is 4. The normalized spacial score (nSPS) is 15.3. The molecule has 1 fully saturated rings. The molecule has 0 aromatic carbocycles. The van der Waals surface area contributed by atoms with Crippen LogP contribution in [0.1, 0.15) is 25.5 Å². The molecule has 6 heteroatoms. The molecule has 0 radical (unpaired) electrons. The van der Waals surface area contributed by atoms with Gasteiger partial charge in [0, 0.05) is 24.8 Å². The molecule has 1 aromatic heterocycles. The molecule has 0 unspecified atom stereocenters. The number of carbonyl (C=O) groups is 1. The van der Waals surface area contributed by atoms with Crippen LogP contribution in [-0.2, 0) is 22.5 Å². The standard InChI is InChI=1S/C14H21N3O3/c1-2-3-4-12-9-13(18)17(11-15-12)10-14(19)16-5-7-20-8-6-16/h9,11H,2-8,10H2,1H3. The molecule has 1 aromatic rings. The van der Waals surface area contributed by atoms with Crippen LogP contribution < -0.4 is 5.56 Å². The molecule has 2 rings (SSSR count). The third-order valence-corrected chi connectivity index (χ3v) is 3.39. The summed E-state index contributed by atoms with van der Waals surface area (Å²) < 4.78 is 6.57. The molecule has 0 N–H and O–H groups in total. The molecule has 0 spiro atoms. The third kappa shape index (κ3) is 3.90. The molecule has 0 atom stereocenters. The number of aromatic nitrogens is 2. The van der Waals surface area contributed by atoms with Crippen molar-refractivity contribution in [1.29, 1.82) is 0 Å². The van der Waals surface area contributed by atoms with Crippen molar-refractivity contribution < 1.29 is 9.53 Å². The average Bonchev–Trinajstić information content (AvgIpc) is 2.48. The van der Waals surface area contributed by atoms with Gasteiger partial charge in [0.15, 0.2) is 0 Å². The van der Waals surface area contributed by atoms with Crippen LogP contribution in [0.3, 0.4) is 0 Å². The first kappa shape index (κ1) is 14.7. The topological polar surface area (TPSA) is 64.4 Å². The van der Waals surface area contributed by atoms with Crippen molar-refractivity contribution >= 4 is 5.91 Å². The monoisotopic (exact) mass is 279 g/mol. The van der Waals surface area contributed by atoms with E-state index >= 15 is 0 Å². The average molecular weight is 279 g/mol. The zero-order chi connectivity index (χ0) is 14.4. The number of carbonyl (C=O) groups excluding carboxylic acids is 1. The summed E-state index contributed by atoms with van der Waals surface area (Å²) >= 11 is 0. The Bertz CT molecular complexity index is 507. The Hall–Kier alpha value is -1.69. The second-order valence-corrected chi connectivity index (χ2v) is 4.94. The second kappa shape index (κ2) is 7.19. The van der Waals surface area contributed by atoms with E-state index in [-0.39, 0.29) is 18.0 Å². The van der Waals surface area contributed by atoms with Crippen molar-refractivity contribution in [2.24, 2.45) is 0 Å². The first-order chi connectivity index (χ1) is 9.70. The molecule has 0 saturated carbocycles. The van der Waals surface area contributed by atoms with Crippen molar-refractivity contribution in [2.75, 3.05) is 26.3 Å². The van der Waals surface area contributed by atoms with E-state index < -0.39 is 0 Å². The zero-order valence-electron chi connectivity index (χ0n) is 11.9. The molecule has 2 heterocycles. The van der Waals surface area contributed by atoms with E-state index in [1.54, 1.807) is 4.90 Å². The van der Waals surface area contributed by atoms with Crippen molar-refractivity contribution in [3.8, 4) is 0 Å². The fourth-order valence-electron chi connectivity index (χ4n) is 2.14. The van der Waals surface area contributed by atoms with Gasteiger partial charge in [0.25, 0.3) is 5.56 Å². The molecule has 1 aliphatic rings. The Balaban J connectivity index is 1.98. The van der Waals surface area contributed by atoms with E-state index in [9.17, 15) is 9.59 Å². The van der Waals surface area contributed by atoms with E-state index in [1.807, 2.05) is 0 Å². The summed E-state index contributed by atoms with van der Waals surface area (Å²) in [4.78, 5) is 30.0. The van der Waals surface area contributed by atoms with E-state index in [1.165, 1.54) is 17.0 Å². The van der Waals surface area contributed by atoms with E-state index in [2.05, 4.69) is 11.9 Å². The van der Waals surface area contributed by atoms with E-state index in [0.29, 0.717) is 26.3 Å². The number of hydrogen-bond donors (Lipinski definition) is 0. The smallest absolute Gasteiger partial charge is 0.253 e. The van der Waals surface area contributed by atoms with Crippen molar-refractivity contribution in [3.05, 3.63) is 28.4 Å². The van der Waals surface area contributed by atoms with Gasteiger partial charge in [0.1, 0.15) is 6.54 Å². The molecule has 1 aliphatic heterocycles. The lowest BCUT2D eigenvalue weighted by Gasteiger charge is -2.26. The van der Waals surface area contributed by atoms with Gasteiger partial charge in [-0.1, -0.05) is 13.3 Å². The summed E-state index contributed by atoms with van der Waals surface area (Å²) in [5.74, 6) is -0.0569. The second-order valence-electron chi connectivity index (χ2n) is 4.94. The lowest BCUT2D eigenvalue weighted by atomic mass is 10.2. The quantitative estimate of drug-likeness (QED) is 0.785. The summed E-state index contributed by atoms with van der Waals surface area (Å²) in [5, 5.41) is 0. The van der Waals surface area contributed by atoms with Gasteiger partial charge < -0.3 is 9.64 Å². The highest BCUT2D eigenvalue weighted by molar-refractivity contribution is 5.76. The molecule has 20 heavy (non-hydrogen) atoms. The van der Waals surface area contributed by atoms with Crippen LogP contribution in [0.5, 0.6) is 0 Å². The SMILES string of the molecule is CCCCc1cc(=O)n(CC(=O)N2CCOCC2)cn1. The molecule has 0 bridgehead atoms. The van der Waals surface area contributed by atoms with Crippen LogP contribution in [0.4, 0.5) is 0 Å². The Morgan fingerprint density at radius 2 is 2.15 bits per heavy atom. The van der Waals surface area contributed by atoms with E-state index in [4.69, 9.17) is 4.74 Å². The fourth-order valence-corrected chi connectivity index (χ4v) is 2.14. The number of aryl methyl sites for hydroxylation is 1. The first-order valence-electron chi connectivity index (χ1n) is 7.11. The summed E-state index contributed by atoms with van der Waals surface area (Å²) in [6.07, 6.45) is 4.37. The fraction of sp³-hybridized carbons (Fsp3) is 0.643. The van der Waals surface area contributed by atoms with Crippen LogP contribution >= 0.6 is 0 Å². The summed E-state index contributed by atoms with van der Waals surface area (Å²) in [5.41, 5.74) is 0.639. The van der Waals surface area contributed by atoms with Gasteiger partial charge in [-0.2, -0.15) is 0 Å². The first-order valence-corrected chi connectivity index (χ1v) is 7.11. The van der Waals surface area contributed by atoms with Gasteiger partial charge >= 0.3 is 0 Å². The van der Waals surface area contributed by atoms with Crippen molar-refractivity contribution in [3.63, 3.8) is 0 Å². The number of rotatable bonds is 5. The predicted molar refractivity (Wildman–Crippen MR) is 74.5 cm³/mol. The van der Waals surface area contributed by atoms with Crippen molar-refractivity contribution in [1.82, 2.24) is 14.5 Å². The maximum absolute atomic E-state index is 12.1. The van der Waals surface area contributed by atoms with Gasteiger partial charge in [0.05, 0.1) is 19.5 Å². The Morgan fingerprint density at radius 1 is 1.40 bits per heavy atom. The minimum atomic E-state index is -0.160. The van der Waals surface area contributed by atoms with Crippen LogP contribution in [0, 0.1) is 0 Å². The molecular weight excluding hydrogens is 258 g/mol. The zero-order valence-corrected chi connectivity index (χ0v) is 11.9. The van der Waals surface area contributed by atoms with Gasteiger partial charge in [-0.15, -0.1) is 0 Å². The summed E-state index contributed by atoms with van der Waals surface area (Å²) in [6.45, 7) is 4.47. The largest absolute Gasteiger partial charge is 0.378 e. The minimum Gasteiger partial charge on any atom is -0.378 e. The maximum atomic E-state index is 12.1. The number of nitrogens with zero attached hydrogens (tertiary/aromatic N) is 3. The molecule has 1 saturated heterocycles. The molecule has 0 aliphatic carbocycles. The number of amides is 1.